The summed E-state index contributed by atoms with van der Waals surface area (Å²) in [5.74, 6) is 1.63. The number of carbonyl (C=O) groups excluding carboxylic acids is 1. The minimum Gasteiger partial charge on any atom is -0.482 e. The van der Waals surface area contributed by atoms with Crippen LogP contribution in [0.5, 0.6) is 5.75 Å². The minimum absolute atomic E-state index is 0.0182. The van der Waals surface area contributed by atoms with Crippen molar-refractivity contribution in [2.45, 2.75) is 19.3 Å². The highest BCUT2D eigenvalue weighted by Gasteiger charge is 2.22. The van der Waals surface area contributed by atoms with Crippen molar-refractivity contribution in [2.24, 2.45) is 5.92 Å². The number of hydrogen-bond donors (Lipinski definition) is 1. The summed E-state index contributed by atoms with van der Waals surface area (Å²) < 4.78 is 5.44. The lowest BCUT2D eigenvalue weighted by atomic mass is 9.98. The number of rotatable bonds is 3. The zero-order valence-electron chi connectivity index (χ0n) is 11.3. The summed E-state index contributed by atoms with van der Waals surface area (Å²) in [5.41, 5.74) is 2.19. The van der Waals surface area contributed by atoms with E-state index in [0.717, 1.165) is 36.9 Å². The van der Waals surface area contributed by atoms with Gasteiger partial charge in [0, 0.05) is 7.05 Å². The molecule has 2 aliphatic heterocycles. The van der Waals surface area contributed by atoms with Crippen LogP contribution >= 0.6 is 0 Å². The first-order valence-corrected chi connectivity index (χ1v) is 6.97. The Bertz CT molecular complexity index is 481. The van der Waals surface area contributed by atoms with Crippen LogP contribution in [0, 0.1) is 5.92 Å². The van der Waals surface area contributed by atoms with Gasteiger partial charge in [0.25, 0.3) is 5.91 Å². The van der Waals surface area contributed by atoms with Gasteiger partial charge in [0.15, 0.2) is 6.61 Å². The number of ether oxygens (including phenoxy) is 1. The maximum Gasteiger partial charge on any atom is 0.264 e. The molecule has 0 bridgehead atoms. The molecule has 4 nitrogen and oxygen atoms in total. The molecule has 1 fully saturated rings. The Kier molecular flexibility index (Phi) is 3.42. The molecule has 0 aliphatic carbocycles. The van der Waals surface area contributed by atoms with E-state index < -0.39 is 0 Å². The van der Waals surface area contributed by atoms with E-state index >= 15 is 0 Å². The quantitative estimate of drug-likeness (QED) is 0.897. The Labute approximate surface area is 113 Å². The Morgan fingerprint density at radius 3 is 3.16 bits per heavy atom. The summed E-state index contributed by atoms with van der Waals surface area (Å²) >= 11 is 0. The molecule has 0 radical (unpaired) electrons. The van der Waals surface area contributed by atoms with Crippen molar-refractivity contribution in [3.8, 4) is 5.75 Å². The van der Waals surface area contributed by atoms with Gasteiger partial charge in [-0.1, -0.05) is 6.07 Å². The summed E-state index contributed by atoms with van der Waals surface area (Å²) in [7, 11) is 1.81. The average Bonchev–Trinajstić information content (AvgIpc) is 2.94. The van der Waals surface area contributed by atoms with Crippen LogP contribution in [0.2, 0.25) is 0 Å². The van der Waals surface area contributed by atoms with Crippen molar-refractivity contribution in [3.63, 3.8) is 0 Å². The molecule has 19 heavy (non-hydrogen) atoms. The van der Waals surface area contributed by atoms with Crippen LogP contribution in [-0.4, -0.2) is 32.7 Å². The molecule has 1 aromatic carbocycles. The van der Waals surface area contributed by atoms with Crippen LogP contribution in [0.25, 0.3) is 0 Å². The van der Waals surface area contributed by atoms with E-state index in [1.54, 1.807) is 4.90 Å². The van der Waals surface area contributed by atoms with E-state index in [9.17, 15) is 4.79 Å². The normalized spacial score (nSPS) is 22.3. The van der Waals surface area contributed by atoms with Gasteiger partial charge >= 0.3 is 0 Å². The Morgan fingerprint density at radius 1 is 1.47 bits per heavy atom. The lowest BCUT2D eigenvalue weighted by Crippen LogP contribution is -2.35. The molecule has 1 aromatic rings. The molecule has 1 amide bonds. The Morgan fingerprint density at radius 2 is 2.37 bits per heavy atom. The lowest BCUT2D eigenvalue weighted by molar-refractivity contribution is -0.120. The molecule has 0 saturated carbocycles. The van der Waals surface area contributed by atoms with Crippen molar-refractivity contribution in [2.75, 3.05) is 31.6 Å². The SMILES string of the molecule is CN1C(=O)COc2ccc(CCC3CCNC3)cc21. The average molecular weight is 260 g/mol. The van der Waals surface area contributed by atoms with Gasteiger partial charge in [-0.05, 0) is 56.0 Å². The fourth-order valence-electron chi connectivity index (χ4n) is 2.80. The highest BCUT2D eigenvalue weighted by Crippen LogP contribution is 2.32. The second kappa shape index (κ2) is 5.21. The van der Waals surface area contributed by atoms with Gasteiger partial charge in [-0.2, -0.15) is 0 Å². The van der Waals surface area contributed by atoms with E-state index in [2.05, 4.69) is 17.4 Å². The number of benzene rings is 1. The number of carbonyl (C=O) groups is 1. The second-order valence-electron chi connectivity index (χ2n) is 5.44. The van der Waals surface area contributed by atoms with Gasteiger partial charge in [-0.3, -0.25) is 4.79 Å². The Hall–Kier alpha value is -1.55. The predicted molar refractivity (Wildman–Crippen MR) is 74.6 cm³/mol. The Balaban J connectivity index is 1.71. The van der Waals surface area contributed by atoms with Crippen molar-refractivity contribution in [1.29, 1.82) is 0 Å². The summed E-state index contributed by atoms with van der Waals surface area (Å²) in [6.45, 7) is 2.45. The zero-order chi connectivity index (χ0) is 13.2. The van der Waals surface area contributed by atoms with Crippen molar-refractivity contribution in [1.82, 2.24) is 5.32 Å². The first-order chi connectivity index (χ1) is 9.24. The lowest BCUT2D eigenvalue weighted by Gasteiger charge is -2.26. The molecule has 1 unspecified atom stereocenters. The van der Waals surface area contributed by atoms with Crippen molar-refractivity contribution in [3.05, 3.63) is 23.8 Å². The van der Waals surface area contributed by atoms with Gasteiger partial charge < -0.3 is 15.0 Å². The van der Waals surface area contributed by atoms with E-state index in [4.69, 9.17) is 4.74 Å². The smallest absolute Gasteiger partial charge is 0.264 e. The molecule has 0 spiro atoms. The standard InChI is InChI=1S/C15H20N2O2/c1-17-13-8-11(2-3-12-6-7-16-9-12)4-5-14(13)19-10-15(17)18/h4-5,8,12,16H,2-3,6-7,9-10H2,1H3. The van der Waals surface area contributed by atoms with Crippen LogP contribution in [0.4, 0.5) is 5.69 Å². The molecule has 0 aromatic heterocycles. The van der Waals surface area contributed by atoms with Crippen LogP contribution in [0.1, 0.15) is 18.4 Å². The van der Waals surface area contributed by atoms with Crippen LogP contribution in [0.15, 0.2) is 18.2 Å². The van der Waals surface area contributed by atoms with Crippen LogP contribution in [-0.2, 0) is 11.2 Å². The summed E-state index contributed by atoms with van der Waals surface area (Å²) in [4.78, 5) is 13.3. The highest BCUT2D eigenvalue weighted by atomic mass is 16.5. The summed E-state index contributed by atoms with van der Waals surface area (Å²) in [6.07, 6.45) is 3.57. The third-order valence-corrected chi connectivity index (χ3v) is 4.11. The number of amides is 1. The predicted octanol–water partition coefficient (Wildman–Crippen LogP) is 1.58. The topological polar surface area (TPSA) is 41.6 Å². The van der Waals surface area contributed by atoms with Gasteiger partial charge in [-0.15, -0.1) is 0 Å². The molecule has 102 valence electrons. The first kappa shape index (κ1) is 12.5. The maximum atomic E-state index is 11.6. The molecule has 4 heteroatoms. The maximum absolute atomic E-state index is 11.6. The molecular formula is C15H20N2O2. The molecule has 2 aliphatic rings. The molecule has 1 saturated heterocycles. The molecule has 2 heterocycles. The highest BCUT2D eigenvalue weighted by molar-refractivity contribution is 5.97. The van der Waals surface area contributed by atoms with E-state index in [-0.39, 0.29) is 12.5 Å². The van der Waals surface area contributed by atoms with Crippen molar-refractivity contribution >= 4 is 11.6 Å². The zero-order valence-corrected chi connectivity index (χ0v) is 11.3. The van der Waals surface area contributed by atoms with Gasteiger partial charge in [0.05, 0.1) is 5.69 Å². The fraction of sp³-hybridized carbons (Fsp3) is 0.533. The number of fused-ring (bicyclic) bond motifs is 1. The van der Waals surface area contributed by atoms with Gasteiger partial charge in [0.2, 0.25) is 0 Å². The number of nitrogens with zero attached hydrogens (tertiary/aromatic N) is 1. The monoisotopic (exact) mass is 260 g/mol. The summed E-state index contributed by atoms with van der Waals surface area (Å²) in [5, 5.41) is 3.40. The third kappa shape index (κ3) is 2.59. The molecular weight excluding hydrogens is 240 g/mol. The third-order valence-electron chi connectivity index (χ3n) is 4.11. The number of likely N-dealkylation sites (N-methyl/N-ethyl adjacent to an activating group) is 1. The molecule has 1 atom stereocenters. The van der Waals surface area contributed by atoms with E-state index in [1.807, 2.05) is 13.1 Å². The number of anilines is 1. The number of hydrogen-bond acceptors (Lipinski definition) is 3. The van der Waals surface area contributed by atoms with Crippen LogP contribution < -0.4 is 15.0 Å². The van der Waals surface area contributed by atoms with E-state index in [0.29, 0.717) is 0 Å². The van der Waals surface area contributed by atoms with Crippen molar-refractivity contribution < 1.29 is 9.53 Å². The van der Waals surface area contributed by atoms with Crippen LogP contribution in [0.3, 0.4) is 0 Å². The molecule has 3 rings (SSSR count). The second-order valence-corrected chi connectivity index (χ2v) is 5.44. The summed E-state index contributed by atoms with van der Waals surface area (Å²) in [6, 6.07) is 6.19. The number of aryl methyl sites for hydroxylation is 1. The van der Waals surface area contributed by atoms with Gasteiger partial charge in [-0.25, -0.2) is 0 Å². The minimum atomic E-state index is 0.0182. The fourth-order valence-corrected chi connectivity index (χ4v) is 2.80. The van der Waals surface area contributed by atoms with Gasteiger partial charge in [0.1, 0.15) is 5.75 Å². The van der Waals surface area contributed by atoms with E-state index in [1.165, 1.54) is 18.4 Å². The first-order valence-electron chi connectivity index (χ1n) is 6.97. The number of nitrogens with one attached hydrogen (secondary N) is 1. The molecule has 1 N–H and O–H groups in total. The largest absolute Gasteiger partial charge is 0.482 e.